The second-order valence-electron chi connectivity index (χ2n) is 19.2. The second-order valence-corrected chi connectivity index (χ2v) is 25.3. The Bertz CT molecular complexity index is 3560. The first-order valence-corrected chi connectivity index (χ1v) is 29.2. The molecular weight excluding hydrogens is 1090 g/mol. The summed E-state index contributed by atoms with van der Waals surface area (Å²) in [4.78, 5) is 16.8. The van der Waals surface area contributed by atoms with Crippen LogP contribution >= 0.6 is 34.8 Å². The molecule has 2 aliphatic heterocycles. The Balaban J connectivity index is 0.000000258. The largest absolute Gasteiger partial charge is 0.489 e. The number of ether oxygens (including phenoxy) is 2. The quantitative estimate of drug-likeness (QED) is 0.0391. The Hall–Kier alpha value is -5.47. The number of aromatic nitrogens is 4. The summed E-state index contributed by atoms with van der Waals surface area (Å²) < 4.78 is 127. The molecule has 16 nitrogen and oxygen atoms in total. The number of halogens is 3. The maximum Gasteiger partial charge on any atom is 0.229 e. The molecule has 7 N–H and O–H groups in total. The molecule has 0 saturated carbocycles. The molecule has 6 aromatic rings. The van der Waals surface area contributed by atoms with E-state index in [1.54, 1.807) is 64.1 Å². The SMILES string of the molecule is C.CC(C)S(=O)(=O)c1ccccc1Nc1nc(Cl)ncc1Cl.[2H]C1([2H])CC(c2cc(OC(C)C)c(N)cc2C)CC([2H])([2H])N1.[2H]C1([2H])CC(c2cc(OC(C)C)c(Nc3ncc(Cl)c(Nc4ccccc4S(=O)(=O)C(C)C)n3)cc2C)CC([2H])([2H])N1. The van der Waals surface area contributed by atoms with Crippen LogP contribution in [0.15, 0.2) is 95.0 Å². The molecule has 2 aliphatic rings. The third-order valence-corrected chi connectivity index (χ3v) is 17.1. The van der Waals surface area contributed by atoms with Gasteiger partial charge in [-0.2, -0.15) is 9.97 Å². The normalized spacial score (nSPS) is 18.3. The van der Waals surface area contributed by atoms with Gasteiger partial charge in [0, 0.05) is 11.0 Å². The average molecular weight is 1180 g/mol. The number of para-hydroxylation sites is 2. The predicted molar refractivity (Wildman–Crippen MR) is 321 cm³/mol. The molecule has 4 heterocycles. The Morgan fingerprint density at radius 2 is 1.03 bits per heavy atom. The minimum absolute atomic E-state index is 0. The highest BCUT2D eigenvalue weighted by Gasteiger charge is 2.26. The molecule has 0 radical (unpaired) electrons. The minimum Gasteiger partial charge on any atom is -0.489 e. The highest BCUT2D eigenvalue weighted by molar-refractivity contribution is 7.92. The summed E-state index contributed by atoms with van der Waals surface area (Å²) in [5, 5.41) is 13.3. The van der Waals surface area contributed by atoms with Crippen LogP contribution in [-0.2, 0) is 19.7 Å². The van der Waals surface area contributed by atoms with Crippen molar-refractivity contribution >= 4 is 94.8 Å². The maximum absolute atomic E-state index is 12.9. The Kier molecular flexibility index (Phi) is 19.0. The van der Waals surface area contributed by atoms with E-state index in [-0.39, 0.29) is 99.9 Å². The summed E-state index contributed by atoms with van der Waals surface area (Å²) in [6.07, 6.45) is 3.23. The van der Waals surface area contributed by atoms with Crippen molar-refractivity contribution in [3.05, 3.63) is 123 Å². The third kappa shape index (κ3) is 16.8. The summed E-state index contributed by atoms with van der Waals surface area (Å²) >= 11 is 18.1. The highest BCUT2D eigenvalue weighted by Crippen LogP contribution is 2.39. The average Bonchev–Trinajstić information content (AvgIpc) is 1.32. The van der Waals surface area contributed by atoms with E-state index in [9.17, 15) is 16.8 Å². The van der Waals surface area contributed by atoms with Crippen molar-refractivity contribution in [2.24, 2.45) is 0 Å². The summed E-state index contributed by atoms with van der Waals surface area (Å²) in [7, 11) is -7.01. The van der Waals surface area contributed by atoms with Gasteiger partial charge < -0.3 is 41.8 Å². The van der Waals surface area contributed by atoms with E-state index >= 15 is 0 Å². The lowest BCUT2D eigenvalue weighted by Crippen LogP contribution is -2.27. The number of anilines is 7. The van der Waals surface area contributed by atoms with Crippen LogP contribution in [0.3, 0.4) is 0 Å². The molecule has 2 fully saturated rings. The standard InChI is InChI=1S/C28H36ClN5O3S.C15H24N2O.C13H13Cl2N3O2S.CH4/c1-17(2)37-25-15-21(20-10-12-30-13-11-20)19(5)14-24(25)33-28-31-16-22(29)27(34-28)32-23-8-6-7-9-26(23)38(35,36)18(3)4;1-10(2)18-15-9-13(11(3)8-14(15)16)12-4-6-17-7-5-12;1-8(2)21(19,20)11-6-4-3-5-10(11)17-12-9(14)7-16-13(15)18-12;/h6-9,14-18,20,30H,10-13H2,1-5H3,(H2,31,32,33,34);8-10,12,17H,4-7,16H2,1-3H3;3-8H,1-2H3,(H,16,17,18);1H4/i12D2,13D2;6D2,7D2;;. The second kappa shape index (κ2) is 28.6. The topological polar surface area (TPSA) is 224 Å². The van der Waals surface area contributed by atoms with Crippen molar-refractivity contribution in [2.45, 2.75) is 147 Å². The van der Waals surface area contributed by atoms with Gasteiger partial charge in [0.25, 0.3) is 0 Å². The van der Waals surface area contributed by atoms with E-state index in [2.05, 4.69) is 46.5 Å². The first-order chi connectivity index (χ1) is 39.3. The Morgan fingerprint density at radius 3 is 1.50 bits per heavy atom. The van der Waals surface area contributed by atoms with E-state index in [0.29, 0.717) is 34.2 Å². The highest BCUT2D eigenvalue weighted by atomic mass is 35.5. The predicted octanol–water partition coefficient (Wildman–Crippen LogP) is 13.5. The first-order valence-electron chi connectivity index (χ1n) is 28.9. The molecule has 0 unspecified atom stereocenters. The fraction of sp³-hybridized carbons (Fsp3) is 0.439. The van der Waals surface area contributed by atoms with Crippen molar-refractivity contribution in [1.82, 2.24) is 30.6 Å². The molecule has 2 aromatic heterocycles. The van der Waals surface area contributed by atoms with Gasteiger partial charge in [-0.15, -0.1) is 0 Å². The maximum atomic E-state index is 12.9. The van der Waals surface area contributed by atoms with Gasteiger partial charge in [-0.1, -0.05) is 54.9 Å². The van der Waals surface area contributed by atoms with Gasteiger partial charge >= 0.3 is 0 Å². The van der Waals surface area contributed by atoms with Crippen LogP contribution in [-0.4, -0.2) is 85.5 Å². The molecule has 0 amide bonds. The van der Waals surface area contributed by atoms with Gasteiger partial charge in [-0.25, -0.2) is 26.8 Å². The molecule has 0 spiro atoms. The summed E-state index contributed by atoms with van der Waals surface area (Å²) in [6, 6.07) is 20.4. The number of hydrogen-bond acceptors (Lipinski definition) is 16. The van der Waals surface area contributed by atoms with Crippen molar-refractivity contribution in [2.75, 3.05) is 47.7 Å². The van der Waals surface area contributed by atoms with E-state index in [4.69, 9.17) is 61.0 Å². The lowest BCUT2D eigenvalue weighted by Gasteiger charge is -2.26. The molecule has 0 bridgehead atoms. The third-order valence-electron chi connectivity index (χ3n) is 12.0. The molecule has 78 heavy (non-hydrogen) atoms. The van der Waals surface area contributed by atoms with Crippen molar-refractivity contribution in [3.63, 3.8) is 0 Å². The molecule has 0 atom stereocenters. The van der Waals surface area contributed by atoms with Gasteiger partial charge in [0.15, 0.2) is 31.3 Å². The number of nitrogen functional groups attached to an aromatic ring is 1. The van der Waals surface area contributed by atoms with Gasteiger partial charge in [-0.3, -0.25) is 0 Å². The molecule has 424 valence electrons. The summed E-state index contributed by atoms with van der Waals surface area (Å²) in [5.74, 6) is 1.11. The van der Waals surface area contributed by atoms with Crippen LogP contribution in [0.4, 0.5) is 40.3 Å². The number of piperidine rings is 2. The van der Waals surface area contributed by atoms with Gasteiger partial charge in [0.05, 0.1) is 67.6 Å². The molecule has 4 aromatic carbocycles. The Morgan fingerprint density at radius 1 is 0.603 bits per heavy atom. The van der Waals surface area contributed by atoms with Crippen LogP contribution < -0.4 is 41.8 Å². The number of nitrogens with one attached hydrogen (secondary N) is 5. The smallest absolute Gasteiger partial charge is 0.229 e. The summed E-state index contributed by atoms with van der Waals surface area (Å²) in [5.41, 5.74) is 11.3. The number of sulfone groups is 2. The number of nitrogens with zero attached hydrogens (tertiary/aromatic N) is 4. The molecule has 8 rings (SSSR count). The van der Waals surface area contributed by atoms with Crippen LogP contribution in [0.25, 0.3) is 0 Å². The zero-order valence-electron chi connectivity index (χ0n) is 52.6. The van der Waals surface area contributed by atoms with E-state index < -0.39 is 56.2 Å². The lowest BCUT2D eigenvalue weighted by molar-refractivity contribution is 0.243. The Labute approximate surface area is 488 Å². The zero-order chi connectivity index (χ0) is 63.4. The van der Waals surface area contributed by atoms with Crippen molar-refractivity contribution in [1.29, 1.82) is 0 Å². The summed E-state index contributed by atoms with van der Waals surface area (Å²) in [6.45, 7) is 10.7. The number of hydrogen-bond donors (Lipinski definition) is 6. The number of aryl methyl sites for hydroxylation is 2. The van der Waals surface area contributed by atoms with Crippen LogP contribution in [0.5, 0.6) is 11.5 Å². The lowest BCUT2D eigenvalue weighted by atomic mass is 9.87. The monoisotopic (exact) mass is 1170 g/mol. The van der Waals surface area contributed by atoms with Gasteiger partial charge in [-0.05, 0) is 215 Å². The number of rotatable bonds is 16. The fourth-order valence-electron chi connectivity index (χ4n) is 7.99. The van der Waals surface area contributed by atoms with Crippen LogP contribution in [0.1, 0.15) is 134 Å². The first kappa shape index (κ1) is 51.9. The minimum atomic E-state index is -3.58. The fourth-order valence-corrected chi connectivity index (χ4v) is 10.8. The molecule has 2 saturated heterocycles. The van der Waals surface area contributed by atoms with Crippen LogP contribution in [0, 0.1) is 13.8 Å². The molecule has 21 heteroatoms. The van der Waals surface area contributed by atoms with Gasteiger partial charge in [0.1, 0.15) is 21.5 Å². The van der Waals surface area contributed by atoms with Gasteiger partial charge in [0.2, 0.25) is 11.2 Å². The molecule has 0 aliphatic carbocycles. The number of nitrogens with two attached hydrogens (primary N) is 1. The molecular formula is C57H77Cl3N10O6S2. The number of benzene rings is 4. The van der Waals surface area contributed by atoms with Crippen LogP contribution in [0.2, 0.25) is 15.3 Å². The van der Waals surface area contributed by atoms with E-state index in [1.165, 1.54) is 24.5 Å². The zero-order valence-corrected chi connectivity index (χ0v) is 48.5. The van der Waals surface area contributed by atoms with E-state index in [0.717, 1.165) is 22.3 Å². The van der Waals surface area contributed by atoms with Crippen molar-refractivity contribution < 1.29 is 37.3 Å². The van der Waals surface area contributed by atoms with E-state index in [1.807, 2.05) is 65.8 Å². The van der Waals surface area contributed by atoms with Crippen molar-refractivity contribution in [3.8, 4) is 11.5 Å².